The van der Waals surface area contributed by atoms with E-state index in [2.05, 4.69) is 56.1 Å². The van der Waals surface area contributed by atoms with Gasteiger partial charge in [0.25, 0.3) is 0 Å². The summed E-state index contributed by atoms with van der Waals surface area (Å²) < 4.78 is 0. The molecule has 1 aliphatic heterocycles. The number of nitrogens with one attached hydrogen (secondary N) is 1. The predicted octanol–water partition coefficient (Wildman–Crippen LogP) is 2.88. The molecule has 1 fully saturated rings. The summed E-state index contributed by atoms with van der Waals surface area (Å²) in [6.07, 6.45) is 1.26. The smallest absolute Gasteiger partial charge is 0.0399 e. The molecule has 1 unspecified atom stereocenters. The van der Waals surface area contributed by atoms with Gasteiger partial charge in [0.15, 0.2) is 0 Å². The Kier molecular flexibility index (Phi) is 3.72. The van der Waals surface area contributed by atoms with Crippen molar-refractivity contribution in [2.75, 3.05) is 18.0 Å². The van der Waals surface area contributed by atoms with Crippen molar-refractivity contribution in [3.8, 4) is 0 Å². The Balaban J connectivity index is 2.07. The standard InChI is InChI=1S/C15H24N2/c1-11(2)16-14-7-8-17(10-14)15-9-12(3)5-6-13(15)4/h5-6,9,11,14,16H,7-8,10H2,1-4H3. The summed E-state index contributed by atoms with van der Waals surface area (Å²) in [7, 11) is 0. The molecule has 1 atom stereocenters. The maximum Gasteiger partial charge on any atom is 0.0399 e. The summed E-state index contributed by atoms with van der Waals surface area (Å²) >= 11 is 0. The zero-order chi connectivity index (χ0) is 12.4. The molecule has 1 heterocycles. The van der Waals surface area contributed by atoms with E-state index in [9.17, 15) is 0 Å². The Morgan fingerprint density at radius 1 is 1.29 bits per heavy atom. The van der Waals surface area contributed by atoms with Crippen molar-refractivity contribution < 1.29 is 0 Å². The monoisotopic (exact) mass is 232 g/mol. The van der Waals surface area contributed by atoms with Gasteiger partial charge in [0.2, 0.25) is 0 Å². The van der Waals surface area contributed by atoms with Gasteiger partial charge in [-0.15, -0.1) is 0 Å². The maximum atomic E-state index is 3.63. The van der Waals surface area contributed by atoms with E-state index in [-0.39, 0.29) is 0 Å². The first-order valence-corrected chi connectivity index (χ1v) is 6.64. The van der Waals surface area contributed by atoms with Crippen molar-refractivity contribution in [2.24, 2.45) is 0 Å². The second kappa shape index (κ2) is 5.09. The van der Waals surface area contributed by atoms with Crippen LogP contribution in [0.4, 0.5) is 5.69 Å². The van der Waals surface area contributed by atoms with Crippen molar-refractivity contribution in [1.82, 2.24) is 5.32 Å². The Labute approximate surface area is 105 Å². The van der Waals surface area contributed by atoms with Gasteiger partial charge in [0.1, 0.15) is 0 Å². The second-order valence-corrected chi connectivity index (χ2v) is 5.54. The summed E-state index contributed by atoms with van der Waals surface area (Å²) in [5, 5.41) is 3.63. The molecule has 0 bridgehead atoms. The zero-order valence-electron chi connectivity index (χ0n) is 11.5. The molecule has 0 aromatic heterocycles. The zero-order valence-corrected chi connectivity index (χ0v) is 11.5. The second-order valence-electron chi connectivity index (χ2n) is 5.54. The lowest BCUT2D eigenvalue weighted by atomic mass is 10.1. The van der Waals surface area contributed by atoms with Crippen LogP contribution < -0.4 is 10.2 Å². The molecule has 94 valence electrons. The minimum absolute atomic E-state index is 0.582. The summed E-state index contributed by atoms with van der Waals surface area (Å²) in [4.78, 5) is 2.52. The molecule has 2 rings (SSSR count). The number of benzene rings is 1. The highest BCUT2D eigenvalue weighted by Gasteiger charge is 2.23. The van der Waals surface area contributed by atoms with Gasteiger partial charge in [-0.2, -0.15) is 0 Å². The van der Waals surface area contributed by atoms with E-state index in [0.29, 0.717) is 12.1 Å². The van der Waals surface area contributed by atoms with Crippen LogP contribution in [0.2, 0.25) is 0 Å². The normalized spacial score (nSPS) is 20.3. The largest absolute Gasteiger partial charge is 0.370 e. The topological polar surface area (TPSA) is 15.3 Å². The maximum absolute atomic E-state index is 3.63. The van der Waals surface area contributed by atoms with Gasteiger partial charge in [-0.25, -0.2) is 0 Å². The van der Waals surface area contributed by atoms with Gasteiger partial charge in [-0.1, -0.05) is 26.0 Å². The van der Waals surface area contributed by atoms with Crippen LogP contribution in [0.1, 0.15) is 31.4 Å². The first kappa shape index (κ1) is 12.4. The van der Waals surface area contributed by atoms with E-state index in [1.165, 1.54) is 29.8 Å². The number of anilines is 1. The van der Waals surface area contributed by atoms with E-state index in [1.54, 1.807) is 0 Å². The fraction of sp³-hybridized carbons (Fsp3) is 0.600. The van der Waals surface area contributed by atoms with Gasteiger partial charge in [-0.05, 0) is 37.5 Å². The molecule has 1 aliphatic rings. The van der Waals surface area contributed by atoms with Gasteiger partial charge < -0.3 is 10.2 Å². The minimum atomic E-state index is 0.582. The third kappa shape index (κ3) is 3.01. The Hall–Kier alpha value is -1.02. The highest BCUT2D eigenvalue weighted by Crippen LogP contribution is 2.25. The highest BCUT2D eigenvalue weighted by molar-refractivity contribution is 5.55. The van der Waals surface area contributed by atoms with E-state index < -0.39 is 0 Å². The van der Waals surface area contributed by atoms with E-state index in [4.69, 9.17) is 0 Å². The van der Waals surface area contributed by atoms with Gasteiger partial charge in [0, 0.05) is 30.9 Å². The molecule has 2 heteroatoms. The lowest BCUT2D eigenvalue weighted by molar-refractivity contribution is 0.492. The quantitative estimate of drug-likeness (QED) is 0.862. The third-order valence-corrected chi connectivity index (χ3v) is 3.46. The third-order valence-electron chi connectivity index (χ3n) is 3.46. The first-order chi connectivity index (χ1) is 8.06. The predicted molar refractivity (Wildman–Crippen MR) is 74.8 cm³/mol. The lowest BCUT2D eigenvalue weighted by Gasteiger charge is -2.22. The van der Waals surface area contributed by atoms with Gasteiger partial charge in [-0.3, -0.25) is 0 Å². The van der Waals surface area contributed by atoms with Crippen LogP contribution in [0.3, 0.4) is 0 Å². The molecular formula is C15H24N2. The van der Waals surface area contributed by atoms with Crippen LogP contribution in [0.25, 0.3) is 0 Å². The fourth-order valence-corrected chi connectivity index (χ4v) is 2.65. The molecule has 0 aliphatic carbocycles. The molecule has 2 nitrogen and oxygen atoms in total. The van der Waals surface area contributed by atoms with Gasteiger partial charge >= 0.3 is 0 Å². The Morgan fingerprint density at radius 2 is 2.06 bits per heavy atom. The molecule has 0 spiro atoms. The Morgan fingerprint density at radius 3 is 2.76 bits per heavy atom. The first-order valence-electron chi connectivity index (χ1n) is 6.64. The SMILES string of the molecule is Cc1ccc(C)c(N2CCC(NC(C)C)C2)c1. The molecule has 1 aromatic carbocycles. The van der Waals surface area contributed by atoms with Gasteiger partial charge in [0.05, 0.1) is 0 Å². The van der Waals surface area contributed by atoms with Crippen molar-refractivity contribution in [2.45, 2.75) is 46.2 Å². The average Bonchev–Trinajstić information content (AvgIpc) is 2.69. The number of nitrogens with zero attached hydrogens (tertiary/aromatic N) is 1. The van der Waals surface area contributed by atoms with Crippen LogP contribution >= 0.6 is 0 Å². The molecule has 0 saturated carbocycles. The van der Waals surface area contributed by atoms with Crippen LogP contribution in [0.15, 0.2) is 18.2 Å². The molecule has 0 amide bonds. The van der Waals surface area contributed by atoms with E-state index in [0.717, 1.165) is 6.54 Å². The van der Waals surface area contributed by atoms with Crippen molar-refractivity contribution >= 4 is 5.69 Å². The number of hydrogen-bond donors (Lipinski definition) is 1. The van der Waals surface area contributed by atoms with Crippen LogP contribution in [-0.2, 0) is 0 Å². The number of aryl methyl sites for hydroxylation is 2. The molecule has 17 heavy (non-hydrogen) atoms. The lowest BCUT2D eigenvalue weighted by Crippen LogP contribution is -2.37. The highest BCUT2D eigenvalue weighted by atomic mass is 15.2. The molecule has 1 saturated heterocycles. The fourth-order valence-electron chi connectivity index (χ4n) is 2.65. The van der Waals surface area contributed by atoms with E-state index >= 15 is 0 Å². The van der Waals surface area contributed by atoms with Crippen LogP contribution in [0, 0.1) is 13.8 Å². The number of rotatable bonds is 3. The summed E-state index contributed by atoms with van der Waals surface area (Å²) in [6, 6.07) is 7.97. The minimum Gasteiger partial charge on any atom is -0.370 e. The van der Waals surface area contributed by atoms with Crippen molar-refractivity contribution in [1.29, 1.82) is 0 Å². The molecule has 0 radical (unpaired) electrons. The number of hydrogen-bond acceptors (Lipinski definition) is 2. The van der Waals surface area contributed by atoms with Crippen LogP contribution in [-0.4, -0.2) is 25.2 Å². The summed E-state index contributed by atoms with van der Waals surface area (Å²) in [5.41, 5.74) is 4.16. The Bertz CT molecular complexity index is 385. The van der Waals surface area contributed by atoms with E-state index in [1.807, 2.05) is 0 Å². The van der Waals surface area contributed by atoms with Crippen molar-refractivity contribution in [3.05, 3.63) is 29.3 Å². The molecule has 1 aromatic rings. The summed E-state index contributed by atoms with van der Waals surface area (Å²) in [6.45, 7) is 11.1. The molecular weight excluding hydrogens is 208 g/mol. The average molecular weight is 232 g/mol. The summed E-state index contributed by atoms with van der Waals surface area (Å²) in [5.74, 6) is 0. The van der Waals surface area contributed by atoms with Crippen molar-refractivity contribution in [3.63, 3.8) is 0 Å². The molecule has 1 N–H and O–H groups in total. The van der Waals surface area contributed by atoms with Crippen LogP contribution in [0.5, 0.6) is 0 Å².